The van der Waals surface area contributed by atoms with Crippen LogP contribution in [0.2, 0.25) is 0 Å². The molecule has 2 aliphatic heterocycles. The molecular formula is C20H27N5O. The molecule has 0 bridgehead atoms. The summed E-state index contributed by atoms with van der Waals surface area (Å²) in [5.41, 5.74) is 1.22. The second-order valence-electron chi connectivity index (χ2n) is 7.34. The normalized spacial score (nSPS) is 26.0. The third-order valence-electron chi connectivity index (χ3n) is 5.63. The number of aromatic nitrogens is 3. The van der Waals surface area contributed by atoms with E-state index in [9.17, 15) is 5.11 Å². The third kappa shape index (κ3) is 4.03. The predicted molar refractivity (Wildman–Crippen MR) is 102 cm³/mol. The molecule has 0 amide bonds. The summed E-state index contributed by atoms with van der Waals surface area (Å²) < 4.78 is 2.11. The zero-order chi connectivity index (χ0) is 17.8. The van der Waals surface area contributed by atoms with Crippen LogP contribution >= 0.6 is 0 Å². The monoisotopic (exact) mass is 353 g/mol. The van der Waals surface area contributed by atoms with Crippen LogP contribution in [0.5, 0.6) is 0 Å². The van der Waals surface area contributed by atoms with Gasteiger partial charge in [0.15, 0.2) is 0 Å². The van der Waals surface area contributed by atoms with Crippen LogP contribution in [0.3, 0.4) is 0 Å². The Labute approximate surface area is 154 Å². The van der Waals surface area contributed by atoms with Gasteiger partial charge in [0, 0.05) is 44.8 Å². The fraction of sp³-hybridized carbons (Fsp3) is 0.500. The van der Waals surface area contributed by atoms with Gasteiger partial charge < -0.3 is 9.67 Å². The summed E-state index contributed by atoms with van der Waals surface area (Å²) in [4.78, 5) is 4.81. The van der Waals surface area contributed by atoms with Crippen molar-refractivity contribution in [3.05, 3.63) is 54.6 Å². The molecule has 1 N–H and O–H groups in total. The Morgan fingerprint density at radius 2 is 1.77 bits per heavy atom. The zero-order valence-electron chi connectivity index (χ0n) is 15.1. The summed E-state index contributed by atoms with van der Waals surface area (Å²) in [6, 6.07) is 11.1. The van der Waals surface area contributed by atoms with E-state index in [0.717, 1.165) is 45.6 Å². The van der Waals surface area contributed by atoms with Gasteiger partial charge in [0.05, 0.1) is 6.10 Å². The molecule has 2 aromatic rings. The number of hydrogen-bond donors (Lipinski definition) is 1. The molecule has 2 aliphatic rings. The van der Waals surface area contributed by atoms with Crippen molar-refractivity contribution in [1.82, 2.24) is 24.6 Å². The van der Waals surface area contributed by atoms with Crippen molar-refractivity contribution in [1.29, 1.82) is 0 Å². The highest BCUT2D eigenvalue weighted by molar-refractivity contribution is 5.48. The van der Waals surface area contributed by atoms with E-state index in [1.54, 1.807) is 0 Å². The molecule has 1 aromatic heterocycles. The van der Waals surface area contributed by atoms with E-state index in [0.29, 0.717) is 6.04 Å². The largest absolute Gasteiger partial charge is 0.390 e. The van der Waals surface area contributed by atoms with Crippen molar-refractivity contribution in [3.63, 3.8) is 0 Å². The van der Waals surface area contributed by atoms with E-state index in [2.05, 4.69) is 61.0 Å². The lowest BCUT2D eigenvalue weighted by atomic mass is 10.0. The number of β-amino-alcohol motifs (C(OH)–C–C–N with tert-alkyl or cyclic N) is 1. The highest BCUT2D eigenvalue weighted by atomic mass is 16.3. The molecular weight excluding hydrogens is 326 g/mol. The highest BCUT2D eigenvalue weighted by Gasteiger charge is 2.36. The third-order valence-corrected chi connectivity index (χ3v) is 5.63. The summed E-state index contributed by atoms with van der Waals surface area (Å²) in [5.74, 6) is 0. The molecule has 2 fully saturated rings. The van der Waals surface area contributed by atoms with Crippen molar-refractivity contribution in [2.45, 2.75) is 31.0 Å². The van der Waals surface area contributed by atoms with Gasteiger partial charge in [-0.25, -0.2) is 0 Å². The van der Waals surface area contributed by atoms with Gasteiger partial charge in [0.2, 0.25) is 0 Å². The van der Waals surface area contributed by atoms with Crippen molar-refractivity contribution >= 4 is 6.08 Å². The Morgan fingerprint density at radius 1 is 1.04 bits per heavy atom. The Balaban J connectivity index is 1.27. The van der Waals surface area contributed by atoms with Gasteiger partial charge in [0.25, 0.3) is 0 Å². The SMILES string of the molecule is O[C@H]1CN(C/C=C/c2ccccc2)C[C@@H]1N1CCC(n2cnnc2)CC1. The maximum Gasteiger partial charge on any atom is 0.119 e. The summed E-state index contributed by atoms with van der Waals surface area (Å²) >= 11 is 0. The van der Waals surface area contributed by atoms with Crippen LogP contribution < -0.4 is 0 Å². The first-order valence-electron chi connectivity index (χ1n) is 9.50. The van der Waals surface area contributed by atoms with E-state index < -0.39 is 0 Å². The zero-order valence-corrected chi connectivity index (χ0v) is 15.1. The minimum atomic E-state index is -0.258. The number of likely N-dealkylation sites (tertiary alicyclic amines) is 2. The molecule has 2 atom stereocenters. The maximum absolute atomic E-state index is 10.5. The van der Waals surface area contributed by atoms with Gasteiger partial charge in [-0.15, -0.1) is 10.2 Å². The van der Waals surface area contributed by atoms with Crippen molar-refractivity contribution in [2.24, 2.45) is 0 Å². The van der Waals surface area contributed by atoms with Crippen LogP contribution in [0.4, 0.5) is 0 Å². The van der Waals surface area contributed by atoms with Crippen molar-refractivity contribution in [2.75, 3.05) is 32.7 Å². The van der Waals surface area contributed by atoms with E-state index in [-0.39, 0.29) is 12.1 Å². The smallest absolute Gasteiger partial charge is 0.119 e. The van der Waals surface area contributed by atoms with Crippen molar-refractivity contribution < 1.29 is 5.11 Å². The summed E-state index contributed by atoms with van der Waals surface area (Å²) in [5, 5.41) is 18.4. The summed E-state index contributed by atoms with van der Waals surface area (Å²) in [7, 11) is 0. The Kier molecular flexibility index (Phi) is 5.43. The van der Waals surface area contributed by atoms with E-state index in [1.165, 1.54) is 5.56 Å². The molecule has 1 aromatic carbocycles. The second kappa shape index (κ2) is 8.12. The quantitative estimate of drug-likeness (QED) is 0.886. The molecule has 138 valence electrons. The van der Waals surface area contributed by atoms with Gasteiger partial charge >= 0.3 is 0 Å². The van der Waals surface area contributed by atoms with Gasteiger partial charge in [0.1, 0.15) is 12.7 Å². The fourth-order valence-electron chi connectivity index (χ4n) is 4.17. The molecule has 4 rings (SSSR count). The van der Waals surface area contributed by atoms with Gasteiger partial charge in [-0.2, -0.15) is 0 Å². The first kappa shape index (κ1) is 17.4. The second-order valence-corrected chi connectivity index (χ2v) is 7.34. The molecule has 26 heavy (non-hydrogen) atoms. The summed E-state index contributed by atoms with van der Waals surface area (Å²) in [6.07, 6.45) is 9.90. The molecule has 0 radical (unpaired) electrons. The van der Waals surface area contributed by atoms with E-state index in [4.69, 9.17) is 0 Å². The first-order valence-corrected chi connectivity index (χ1v) is 9.50. The van der Waals surface area contributed by atoms with E-state index in [1.807, 2.05) is 18.7 Å². The van der Waals surface area contributed by atoms with Crippen LogP contribution in [0, 0.1) is 0 Å². The first-order chi connectivity index (χ1) is 12.8. The fourth-order valence-corrected chi connectivity index (χ4v) is 4.17. The number of aliphatic hydroxyl groups excluding tert-OH is 1. The van der Waals surface area contributed by atoms with Crippen LogP contribution in [0.25, 0.3) is 6.08 Å². The van der Waals surface area contributed by atoms with Gasteiger partial charge in [-0.05, 0) is 18.4 Å². The van der Waals surface area contributed by atoms with Gasteiger partial charge in [-0.3, -0.25) is 9.80 Å². The van der Waals surface area contributed by atoms with Crippen LogP contribution in [-0.2, 0) is 0 Å². The van der Waals surface area contributed by atoms with Crippen LogP contribution in [0.1, 0.15) is 24.4 Å². The molecule has 6 heteroatoms. The van der Waals surface area contributed by atoms with Crippen molar-refractivity contribution in [3.8, 4) is 0 Å². The molecule has 3 heterocycles. The number of benzene rings is 1. The van der Waals surface area contributed by atoms with Crippen LogP contribution in [-0.4, -0.2) is 74.5 Å². The molecule has 2 saturated heterocycles. The molecule has 0 unspecified atom stereocenters. The minimum absolute atomic E-state index is 0.252. The predicted octanol–water partition coefficient (Wildman–Crippen LogP) is 1.67. The number of piperidine rings is 1. The molecule has 6 nitrogen and oxygen atoms in total. The molecule has 0 spiro atoms. The maximum atomic E-state index is 10.5. The number of aliphatic hydroxyl groups is 1. The Hall–Kier alpha value is -2.02. The average Bonchev–Trinajstić information content (AvgIpc) is 3.33. The standard InChI is InChI=1S/C20H27N5O/c26-20-14-23(10-4-7-17-5-2-1-3-6-17)13-19(20)24-11-8-18(9-12-24)25-15-21-22-16-25/h1-7,15-16,18-20,26H,8-14H2/b7-4+/t19-,20-/m0/s1. The lowest BCUT2D eigenvalue weighted by Gasteiger charge is -2.37. The summed E-state index contributed by atoms with van der Waals surface area (Å²) in [6.45, 7) is 4.64. The molecule has 0 saturated carbocycles. The number of nitrogens with zero attached hydrogens (tertiary/aromatic N) is 5. The van der Waals surface area contributed by atoms with E-state index >= 15 is 0 Å². The lowest BCUT2D eigenvalue weighted by molar-refractivity contribution is 0.0601. The molecule has 0 aliphatic carbocycles. The highest BCUT2D eigenvalue weighted by Crippen LogP contribution is 2.26. The Morgan fingerprint density at radius 3 is 2.50 bits per heavy atom. The number of hydrogen-bond acceptors (Lipinski definition) is 5. The number of rotatable bonds is 5. The van der Waals surface area contributed by atoms with Gasteiger partial charge in [-0.1, -0.05) is 42.5 Å². The van der Waals surface area contributed by atoms with Crippen LogP contribution in [0.15, 0.2) is 49.1 Å². The minimum Gasteiger partial charge on any atom is -0.390 e. The topological polar surface area (TPSA) is 57.4 Å². The average molecular weight is 353 g/mol. The Bertz CT molecular complexity index is 694. The lowest BCUT2D eigenvalue weighted by Crippen LogP contribution is -2.47.